The molecule has 3 aromatic rings. The number of likely N-dealkylation sites (N-methyl/N-ethyl adjacent to an activating group) is 1. The van der Waals surface area contributed by atoms with Crippen LogP contribution in [0, 0.1) is 5.92 Å². The van der Waals surface area contributed by atoms with Crippen LogP contribution < -0.4 is 9.46 Å². The zero-order valence-corrected chi connectivity index (χ0v) is 31.0. The maximum absolute atomic E-state index is 14.4. The average Bonchev–Trinajstić information content (AvgIpc) is 3.06. The summed E-state index contributed by atoms with van der Waals surface area (Å²) in [5, 5.41) is 11.0. The molecule has 0 saturated heterocycles. The lowest BCUT2D eigenvalue weighted by Crippen LogP contribution is -2.48. The first-order valence-corrected chi connectivity index (χ1v) is 19.6. The molecule has 0 saturated carbocycles. The molecule has 49 heavy (non-hydrogen) atoms. The minimum absolute atomic E-state index is 0.00776. The van der Waals surface area contributed by atoms with Crippen molar-refractivity contribution in [1.82, 2.24) is 9.21 Å². The number of aliphatic hydroxyl groups excluding tert-OH is 1. The van der Waals surface area contributed by atoms with Crippen molar-refractivity contribution >= 4 is 54.8 Å². The third-order valence-corrected chi connectivity index (χ3v) is 12.1. The lowest BCUT2D eigenvalue weighted by Gasteiger charge is -2.35. The number of benzene rings is 3. The van der Waals surface area contributed by atoms with Crippen LogP contribution in [0.3, 0.4) is 0 Å². The molecule has 11 nitrogen and oxygen atoms in total. The molecule has 1 aliphatic heterocycles. The number of ether oxygens (including phenoxy) is 2. The van der Waals surface area contributed by atoms with Gasteiger partial charge in [-0.2, -0.15) is 4.31 Å². The zero-order valence-electron chi connectivity index (χ0n) is 27.9. The molecule has 3 aromatic carbocycles. The molecule has 0 aliphatic carbocycles. The number of sulfonamides is 2. The van der Waals surface area contributed by atoms with Gasteiger partial charge in [-0.05, 0) is 99.8 Å². The number of hydrogen-bond donors (Lipinski definition) is 2. The van der Waals surface area contributed by atoms with Crippen LogP contribution in [0.5, 0.6) is 5.75 Å². The number of nitrogens with one attached hydrogen (secondary N) is 1. The Kier molecular flexibility index (Phi) is 13.4. The van der Waals surface area contributed by atoms with Crippen LogP contribution in [0.4, 0.5) is 5.69 Å². The summed E-state index contributed by atoms with van der Waals surface area (Å²) in [5.41, 5.74) is 0.243. The van der Waals surface area contributed by atoms with E-state index >= 15 is 0 Å². The number of amides is 1. The van der Waals surface area contributed by atoms with E-state index in [-0.39, 0.29) is 52.6 Å². The molecule has 0 unspecified atom stereocenters. The van der Waals surface area contributed by atoms with Crippen LogP contribution in [0.15, 0.2) is 76.5 Å². The third-order valence-electron chi connectivity index (χ3n) is 8.39. The Morgan fingerprint density at radius 3 is 2.18 bits per heavy atom. The summed E-state index contributed by atoms with van der Waals surface area (Å²) in [5.74, 6) is -0.617. The summed E-state index contributed by atoms with van der Waals surface area (Å²) in [7, 11) is -6.42. The molecule has 0 spiro atoms. The van der Waals surface area contributed by atoms with Crippen molar-refractivity contribution in [3.8, 4) is 5.75 Å². The molecule has 2 N–H and O–H groups in total. The van der Waals surface area contributed by atoms with Gasteiger partial charge < -0.3 is 19.5 Å². The van der Waals surface area contributed by atoms with Crippen LogP contribution in [0.1, 0.15) is 50.4 Å². The number of aliphatic hydroxyl groups is 1. The number of carbonyl (C=O) groups excluding carboxylic acids is 1. The number of halogens is 2. The Hall–Kier alpha value is -2.91. The first kappa shape index (κ1) is 38.9. The topological polar surface area (TPSA) is 143 Å². The van der Waals surface area contributed by atoms with Gasteiger partial charge in [0, 0.05) is 48.4 Å². The van der Waals surface area contributed by atoms with Gasteiger partial charge in [0.2, 0.25) is 10.0 Å². The Balaban J connectivity index is 1.67. The zero-order chi connectivity index (χ0) is 35.9. The average molecular weight is 757 g/mol. The van der Waals surface area contributed by atoms with Gasteiger partial charge in [0.1, 0.15) is 5.75 Å². The molecule has 0 radical (unpaired) electrons. The number of carbonyl (C=O) groups is 1. The lowest BCUT2D eigenvalue weighted by molar-refractivity contribution is -0.00833. The van der Waals surface area contributed by atoms with Crippen molar-refractivity contribution in [3.05, 3.63) is 82.3 Å². The maximum atomic E-state index is 14.4. The van der Waals surface area contributed by atoms with Gasteiger partial charge in [0.05, 0.1) is 40.2 Å². The second-order valence-corrected chi connectivity index (χ2v) is 16.9. The van der Waals surface area contributed by atoms with Gasteiger partial charge in [0.15, 0.2) is 0 Å². The molecule has 0 bridgehead atoms. The highest BCUT2D eigenvalue weighted by molar-refractivity contribution is 7.92. The fourth-order valence-electron chi connectivity index (χ4n) is 5.41. The van der Waals surface area contributed by atoms with E-state index in [1.165, 1.54) is 76.9 Å². The molecule has 4 rings (SSSR count). The standard InChI is InChI=1S/C34H43Cl2N3O8S2/c1-23-20-39(24(2)22-40)34(41)31-19-28(37-48(42,43)29-13-8-26(35)9-14-29)12-17-32(31)47-25(3)7-5-6-18-46-33(23)21-38(4)49(44,45)30-15-10-27(36)11-16-30/h8-17,19,23-25,33,37,40H,5-7,18,20-22H2,1-4H3/t23-,24+,25+,33+/m1/s1. The van der Waals surface area contributed by atoms with Gasteiger partial charge in [-0.15, -0.1) is 0 Å². The minimum Gasteiger partial charge on any atom is -0.490 e. The van der Waals surface area contributed by atoms with Gasteiger partial charge in [0.25, 0.3) is 15.9 Å². The van der Waals surface area contributed by atoms with Crippen LogP contribution in [0.2, 0.25) is 10.0 Å². The molecule has 0 fully saturated rings. The Morgan fingerprint density at radius 2 is 1.57 bits per heavy atom. The first-order valence-electron chi connectivity index (χ1n) is 16.0. The molecule has 4 atom stereocenters. The number of nitrogens with zero attached hydrogens (tertiary/aromatic N) is 2. The van der Waals surface area contributed by atoms with Gasteiger partial charge in [-0.3, -0.25) is 9.52 Å². The molecule has 1 aliphatic rings. The molecule has 0 aromatic heterocycles. The van der Waals surface area contributed by atoms with Crippen LogP contribution in [-0.4, -0.2) is 88.7 Å². The molecule has 1 amide bonds. The highest BCUT2D eigenvalue weighted by atomic mass is 35.5. The molecule has 15 heteroatoms. The summed E-state index contributed by atoms with van der Waals surface area (Å²) in [6, 6.07) is 15.5. The van der Waals surface area contributed by atoms with Crippen molar-refractivity contribution in [2.75, 3.05) is 38.1 Å². The van der Waals surface area contributed by atoms with E-state index in [2.05, 4.69) is 4.72 Å². The number of rotatable bonds is 9. The molecule has 268 valence electrons. The monoisotopic (exact) mass is 755 g/mol. The molecule has 1 heterocycles. The lowest BCUT2D eigenvalue weighted by atomic mass is 10.0. The number of fused-ring (bicyclic) bond motifs is 1. The van der Waals surface area contributed by atoms with Gasteiger partial charge in [-0.25, -0.2) is 16.8 Å². The van der Waals surface area contributed by atoms with Crippen molar-refractivity contribution < 1.29 is 36.2 Å². The molecular weight excluding hydrogens is 713 g/mol. The normalized spacial score (nSPS) is 20.6. The van der Waals surface area contributed by atoms with E-state index in [1.807, 2.05) is 13.8 Å². The Morgan fingerprint density at radius 1 is 0.959 bits per heavy atom. The van der Waals surface area contributed by atoms with E-state index in [4.69, 9.17) is 32.7 Å². The summed E-state index contributed by atoms with van der Waals surface area (Å²) in [4.78, 5) is 15.9. The van der Waals surface area contributed by atoms with Gasteiger partial charge in [-0.1, -0.05) is 30.1 Å². The predicted octanol–water partition coefficient (Wildman–Crippen LogP) is 5.91. The smallest absolute Gasteiger partial charge is 0.261 e. The summed E-state index contributed by atoms with van der Waals surface area (Å²) < 4.78 is 69.5. The summed E-state index contributed by atoms with van der Waals surface area (Å²) in [6.07, 6.45) is 1.18. The van der Waals surface area contributed by atoms with E-state index < -0.39 is 44.0 Å². The van der Waals surface area contributed by atoms with Crippen molar-refractivity contribution in [1.29, 1.82) is 0 Å². The van der Waals surface area contributed by atoms with Gasteiger partial charge >= 0.3 is 0 Å². The van der Waals surface area contributed by atoms with E-state index in [1.54, 1.807) is 13.0 Å². The third kappa shape index (κ3) is 10.1. The van der Waals surface area contributed by atoms with Crippen molar-refractivity contribution in [2.24, 2.45) is 5.92 Å². The summed E-state index contributed by atoms with van der Waals surface area (Å²) >= 11 is 11.9. The minimum atomic E-state index is -4.02. The SMILES string of the molecule is C[C@@H]1CN([C@@H](C)CO)C(=O)c2cc(NS(=O)(=O)c3ccc(Cl)cc3)ccc2O[C@@H](C)CCCCO[C@H]1CN(C)S(=O)(=O)c1ccc(Cl)cc1. The Labute approximate surface area is 299 Å². The predicted molar refractivity (Wildman–Crippen MR) is 190 cm³/mol. The number of hydrogen-bond acceptors (Lipinski definition) is 8. The van der Waals surface area contributed by atoms with E-state index in [0.29, 0.717) is 29.5 Å². The second-order valence-electron chi connectivity index (χ2n) is 12.3. The van der Waals surface area contributed by atoms with E-state index in [0.717, 1.165) is 6.42 Å². The van der Waals surface area contributed by atoms with Crippen LogP contribution >= 0.6 is 23.2 Å². The van der Waals surface area contributed by atoms with E-state index in [9.17, 15) is 26.7 Å². The molecular formula is C34H43Cl2N3O8S2. The van der Waals surface area contributed by atoms with Crippen LogP contribution in [0.25, 0.3) is 0 Å². The number of anilines is 1. The van der Waals surface area contributed by atoms with Crippen molar-refractivity contribution in [2.45, 2.75) is 68.1 Å². The fourth-order valence-corrected chi connectivity index (χ4v) is 7.90. The Bertz CT molecular complexity index is 1790. The quantitative estimate of drug-likeness (QED) is 0.275. The van der Waals surface area contributed by atoms with Crippen LogP contribution in [-0.2, 0) is 24.8 Å². The highest BCUT2D eigenvalue weighted by Gasteiger charge is 2.32. The second kappa shape index (κ2) is 16.9. The maximum Gasteiger partial charge on any atom is 0.261 e. The fraction of sp³-hybridized carbons (Fsp3) is 0.441. The largest absolute Gasteiger partial charge is 0.490 e. The first-order chi connectivity index (χ1) is 23.1. The van der Waals surface area contributed by atoms with Crippen molar-refractivity contribution in [3.63, 3.8) is 0 Å². The highest BCUT2D eigenvalue weighted by Crippen LogP contribution is 2.30. The summed E-state index contributed by atoms with van der Waals surface area (Å²) in [6.45, 7) is 5.55.